The fraction of sp³-hybridized carbons (Fsp3) is 0.308. The third-order valence-electron chi connectivity index (χ3n) is 2.93. The Labute approximate surface area is 110 Å². The maximum atomic E-state index is 11.7. The monoisotopic (exact) mass is 265 g/mol. The van der Waals surface area contributed by atoms with Gasteiger partial charge in [-0.3, -0.25) is 4.79 Å². The number of rotatable bonds is 4. The Morgan fingerprint density at radius 2 is 2.06 bits per heavy atom. The van der Waals surface area contributed by atoms with Gasteiger partial charge in [-0.2, -0.15) is 12.6 Å². The minimum atomic E-state index is -1.03. The summed E-state index contributed by atoms with van der Waals surface area (Å²) < 4.78 is 0. The Morgan fingerprint density at radius 3 is 2.78 bits per heavy atom. The molecule has 1 aromatic heterocycles. The van der Waals surface area contributed by atoms with Crippen molar-refractivity contribution >= 4 is 23.5 Å². The van der Waals surface area contributed by atoms with Crippen LogP contribution >= 0.6 is 12.6 Å². The Kier molecular flexibility index (Phi) is 4.06. The van der Waals surface area contributed by atoms with Gasteiger partial charge >= 0.3 is 0 Å². The maximum absolute atomic E-state index is 11.7. The molecule has 0 amide bonds. The van der Waals surface area contributed by atoms with E-state index in [0.29, 0.717) is 28.6 Å². The highest BCUT2D eigenvalue weighted by Gasteiger charge is 2.20. The molecule has 2 rings (SSSR count). The number of para-hydroxylation sites is 1. The first kappa shape index (κ1) is 13.1. The van der Waals surface area contributed by atoms with E-state index < -0.39 is 12.2 Å². The number of benzene rings is 1. The number of fused-ring (bicyclic) bond motifs is 1. The van der Waals surface area contributed by atoms with Crippen molar-refractivity contribution in [1.82, 2.24) is 4.98 Å². The van der Waals surface area contributed by atoms with Crippen LogP contribution in [-0.2, 0) is 0 Å². The zero-order chi connectivity index (χ0) is 13.1. The molecular formula is C13H15NO3S. The molecule has 0 aliphatic heterocycles. The standard InChI is InChI=1S/C13H15NO3S/c15-10-4-6-14-12-8(10)2-1-3-9(12)13(17)11(16)5-7-18/h1-4,6,11,13,16-18H,5,7H2,(H,14,15). The van der Waals surface area contributed by atoms with Gasteiger partial charge < -0.3 is 15.2 Å². The van der Waals surface area contributed by atoms with Gasteiger partial charge in [-0.05, 0) is 18.2 Å². The van der Waals surface area contributed by atoms with Crippen LogP contribution in [0, 0.1) is 0 Å². The first-order valence-corrected chi connectivity index (χ1v) is 6.35. The molecule has 96 valence electrons. The number of thiol groups is 1. The number of H-pyrrole nitrogens is 1. The number of aliphatic hydroxyl groups is 2. The van der Waals surface area contributed by atoms with E-state index in [-0.39, 0.29) is 5.43 Å². The molecule has 0 spiro atoms. The number of aliphatic hydroxyl groups excluding tert-OH is 2. The van der Waals surface area contributed by atoms with Gasteiger partial charge in [0.25, 0.3) is 0 Å². The summed E-state index contributed by atoms with van der Waals surface area (Å²) in [5, 5.41) is 20.4. The molecule has 2 aromatic rings. The molecule has 5 heteroatoms. The number of nitrogens with one attached hydrogen (secondary N) is 1. The predicted molar refractivity (Wildman–Crippen MR) is 74.0 cm³/mol. The van der Waals surface area contributed by atoms with Crippen LogP contribution in [-0.4, -0.2) is 27.1 Å². The molecule has 1 heterocycles. The molecule has 0 aliphatic rings. The highest BCUT2D eigenvalue weighted by atomic mass is 32.1. The number of aromatic nitrogens is 1. The van der Waals surface area contributed by atoms with E-state index in [1.54, 1.807) is 18.2 Å². The summed E-state index contributed by atoms with van der Waals surface area (Å²) in [6.07, 6.45) is -0.000393. The molecule has 0 saturated heterocycles. The van der Waals surface area contributed by atoms with E-state index in [2.05, 4.69) is 17.6 Å². The van der Waals surface area contributed by atoms with Gasteiger partial charge in [0, 0.05) is 23.2 Å². The third-order valence-corrected chi connectivity index (χ3v) is 3.19. The van der Waals surface area contributed by atoms with Crippen LogP contribution in [0.4, 0.5) is 0 Å². The van der Waals surface area contributed by atoms with E-state index >= 15 is 0 Å². The van der Waals surface area contributed by atoms with Crippen molar-refractivity contribution in [1.29, 1.82) is 0 Å². The minimum absolute atomic E-state index is 0.110. The summed E-state index contributed by atoms with van der Waals surface area (Å²) >= 11 is 4.03. The first-order valence-electron chi connectivity index (χ1n) is 5.72. The van der Waals surface area contributed by atoms with Gasteiger partial charge in [-0.1, -0.05) is 12.1 Å². The first-order chi connectivity index (χ1) is 8.65. The second-order valence-corrected chi connectivity index (χ2v) is 4.58. The van der Waals surface area contributed by atoms with Crippen LogP contribution in [0.15, 0.2) is 35.3 Å². The maximum Gasteiger partial charge on any atom is 0.189 e. The highest BCUT2D eigenvalue weighted by Crippen LogP contribution is 2.24. The molecule has 4 nitrogen and oxygen atoms in total. The zero-order valence-corrected chi connectivity index (χ0v) is 10.6. The van der Waals surface area contributed by atoms with Crippen molar-refractivity contribution in [2.24, 2.45) is 0 Å². The van der Waals surface area contributed by atoms with Gasteiger partial charge in [-0.15, -0.1) is 0 Å². The quantitative estimate of drug-likeness (QED) is 0.629. The van der Waals surface area contributed by atoms with E-state index in [9.17, 15) is 15.0 Å². The Bertz CT molecular complexity index is 596. The SMILES string of the molecule is O=c1cc[nH]c2c(C(O)C(O)CCS)cccc12. The van der Waals surface area contributed by atoms with Crippen molar-refractivity contribution < 1.29 is 10.2 Å². The van der Waals surface area contributed by atoms with Gasteiger partial charge in [0.15, 0.2) is 5.43 Å². The molecule has 0 radical (unpaired) electrons. The summed E-state index contributed by atoms with van der Waals surface area (Å²) in [7, 11) is 0. The van der Waals surface area contributed by atoms with Gasteiger partial charge in [-0.25, -0.2) is 0 Å². The number of hydrogen-bond donors (Lipinski definition) is 4. The Morgan fingerprint density at radius 1 is 1.28 bits per heavy atom. The summed E-state index contributed by atoms with van der Waals surface area (Å²) in [6, 6.07) is 6.52. The minimum Gasteiger partial charge on any atom is -0.390 e. The van der Waals surface area contributed by atoms with Crippen LogP contribution in [0.2, 0.25) is 0 Å². The fourth-order valence-corrected chi connectivity index (χ4v) is 2.24. The topological polar surface area (TPSA) is 73.3 Å². The predicted octanol–water partition coefficient (Wildman–Crippen LogP) is 1.24. The van der Waals surface area contributed by atoms with E-state index in [1.807, 2.05) is 0 Å². The number of pyridine rings is 1. The van der Waals surface area contributed by atoms with Crippen LogP contribution in [0.5, 0.6) is 0 Å². The lowest BCUT2D eigenvalue weighted by Gasteiger charge is -2.18. The molecule has 0 aliphatic carbocycles. The van der Waals surface area contributed by atoms with Crippen molar-refractivity contribution in [3.63, 3.8) is 0 Å². The largest absolute Gasteiger partial charge is 0.390 e. The molecule has 2 atom stereocenters. The molecule has 0 saturated carbocycles. The Hall–Kier alpha value is -1.30. The normalized spacial score (nSPS) is 14.6. The van der Waals surface area contributed by atoms with E-state index in [1.165, 1.54) is 12.3 Å². The highest BCUT2D eigenvalue weighted by molar-refractivity contribution is 7.80. The van der Waals surface area contributed by atoms with E-state index in [0.717, 1.165) is 0 Å². The summed E-state index contributed by atoms with van der Waals surface area (Å²) in [5.74, 6) is 0.486. The lowest BCUT2D eigenvalue weighted by Crippen LogP contribution is -2.19. The smallest absolute Gasteiger partial charge is 0.189 e. The van der Waals surface area contributed by atoms with Gasteiger partial charge in [0.1, 0.15) is 6.10 Å². The molecule has 2 unspecified atom stereocenters. The second kappa shape index (κ2) is 5.56. The zero-order valence-electron chi connectivity index (χ0n) is 9.71. The number of hydrogen-bond acceptors (Lipinski definition) is 4. The molecule has 3 N–H and O–H groups in total. The summed E-state index contributed by atoms with van der Waals surface area (Å²) in [5.41, 5.74) is 0.983. The third kappa shape index (κ3) is 2.43. The average Bonchev–Trinajstić information content (AvgIpc) is 2.38. The van der Waals surface area contributed by atoms with Crippen molar-refractivity contribution in [2.75, 3.05) is 5.75 Å². The fourth-order valence-electron chi connectivity index (χ4n) is 1.97. The van der Waals surface area contributed by atoms with Crippen LogP contribution < -0.4 is 5.43 Å². The van der Waals surface area contributed by atoms with E-state index in [4.69, 9.17) is 0 Å². The van der Waals surface area contributed by atoms with Crippen molar-refractivity contribution in [2.45, 2.75) is 18.6 Å². The van der Waals surface area contributed by atoms with Crippen LogP contribution in [0.1, 0.15) is 18.1 Å². The lowest BCUT2D eigenvalue weighted by molar-refractivity contribution is 0.0180. The molecule has 18 heavy (non-hydrogen) atoms. The average molecular weight is 265 g/mol. The van der Waals surface area contributed by atoms with Crippen LogP contribution in [0.3, 0.4) is 0 Å². The number of aromatic amines is 1. The van der Waals surface area contributed by atoms with Crippen molar-refractivity contribution in [3.05, 3.63) is 46.2 Å². The molecule has 0 fully saturated rings. The summed E-state index contributed by atoms with van der Waals surface area (Å²) in [6.45, 7) is 0. The van der Waals surface area contributed by atoms with Crippen LogP contribution in [0.25, 0.3) is 10.9 Å². The van der Waals surface area contributed by atoms with Crippen molar-refractivity contribution in [3.8, 4) is 0 Å². The second-order valence-electron chi connectivity index (χ2n) is 4.14. The molecular weight excluding hydrogens is 250 g/mol. The molecule has 0 bridgehead atoms. The summed E-state index contributed by atoms with van der Waals surface area (Å²) in [4.78, 5) is 14.6. The lowest BCUT2D eigenvalue weighted by atomic mass is 9.99. The molecule has 1 aromatic carbocycles. The van der Waals surface area contributed by atoms with Gasteiger partial charge in [0.2, 0.25) is 0 Å². The Balaban J connectivity index is 2.51. The van der Waals surface area contributed by atoms with Gasteiger partial charge in [0.05, 0.1) is 11.6 Å².